The molecule has 0 radical (unpaired) electrons. The van der Waals surface area contributed by atoms with Crippen LogP contribution in [0.3, 0.4) is 0 Å². The maximum Gasteiger partial charge on any atom is 0.336 e. The van der Waals surface area contributed by atoms with Gasteiger partial charge >= 0.3 is 5.63 Å². The summed E-state index contributed by atoms with van der Waals surface area (Å²) < 4.78 is 20.2. The number of aryl methyl sites for hydroxylation is 1. The monoisotopic (exact) mass is 419 g/mol. The molecule has 4 nitrogen and oxygen atoms in total. The molecule has 0 saturated carbocycles. The predicted molar refractivity (Wildman–Crippen MR) is 103 cm³/mol. The molecule has 0 atom stereocenters. The third-order valence-electron chi connectivity index (χ3n) is 4.20. The Kier molecular flexibility index (Phi) is 5.86. The van der Waals surface area contributed by atoms with Crippen LogP contribution in [0, 0.1) is 12.7 Å². The van der Waals surface area contributed by atoms with Crippen molar-refractivity contribution >= 4 is 26.9 Å². The lowest BCUT2D eigenvalue weighted by molar-refractivity contribution is 0.183. The van der Waals surface area contributed by atoms with Gasteiger partial charge < -0.3 is 9.52 Å². The van der Waals surface area contributed by atoms with Crippen LogP contribution < -0.4 is 5.63 Å². The van der Waals surface area contributed by atoms with E-state index in [9.17, 15) is 14.3 Å². The fourth-order valence-electron chi connectivity index (χ4n) is 2.97. The van der Waals surface area contributed by atoms with Gasteiger partial charge in [0.25, 0.3) is 0 Å². The smallest absolute Gasteiger partial charge is 0.336 e. The van der Waals surface area contributed by atoms with Gasteiger partial charge in [0.15, 0.2) is 0 Å². The molecular formula is C20H19BrFNO3. The maximum absolute atomic E-state index is 14.1. The molecule has 0 unspecified atom stereocenters. The molecule has 1 N–H and O–H groups in total. The second kappa shape index (κ2) is 8.12. The number of hydrogen-bond acceptors (Lipinski definition) is 4. The number of nitrogens with zero attached hydrogens (tertiary/aromatic N) is 1. The number of fused-ring (bicyclic) bond motifs is 1. The average Bonchev–Trinajstić information content (AvgIpc) is 2.57. The minimum Gasteiger partial charge on any atom is -0.423 e. The van der Waals surface area contributed by atoms with Crippen LogP contribution in [0.4, 0.5) is 4.39 Å². The fourth-order valence-corrected chi connectivity index (χ4v) is 3.38. The lowest BCUT2D eigenvalue weighted by Crippen LogP contribution is -2.27. The van der Waals surface area contributed by atoms with E-state index in [1.54, 1.807) is 12.1 Å². The number of halogens is 2. The van der Waals surface area contributed by atoms with Crippen LogP contribution >= 0.6 is 15.9 Å². The molecular weight excluding hydrogens is 401 g/mol. The Balaban J connectivity index is 1.94. The van der Waals surface area contributed by atoms with E-state index in [0.717, 1.165) is 21.0 Å². The largest absolute Gasteiger partial charge is 0.423 e. The van der Waals surface area contributed by atoms with E-state index in [1.807, 2.05) is 30.0 Å². The quantitative estimate of drug-likeness (QED) is 0.613. The summed E-state index contributed by atoms with van der Waals surface area (Å²) in [5.74, 6) is -0.302. The minimum absolute atomic E-state index is 0.0614. The summed E-state index contributed by atoms with van der Waals surface area (Å²) in [6, 6.07) is 11.9. The van der Waals surface area contributed by atoms with Crippen LogP contribution in [0.25, 0.3) is 11.0 Å². The Bertz CT molecular complexity index is 986. The number of aliphatic hydroxyl groups is 1. The summed E-state index contributed by atoms with van der Waals surface area (Å²) in [6.07, 6.45) is 0. The van der Waals surface area contributed by atoms with Gasteiger partial charge in [-0.2, -0.15) is 0 Å². The van der Waals surface area contributed by atoms with Crippen molar-refractivity contribution in [1.29, 1.82) is 0 Å². The van der Waals surface area contributed by atoms with Gasteiger partial charge in [-0.25, -0.2) is 9.18 Å². The summed E-state index contributed by atoms with van der Waals surface area (Å²) in [5.41, 5.74) is 2.43. The molecule has 3 rings (SSSR count). The van der Waals surface area contributed by atoms with Crippen molar-refractivity contribution in [1.82, 2.24) is 4.90 Å². The van der Waals surface area contributed by atoms with Crippen molar-refractivity contribution in [3.05, 3.63) is 79.9 Å². The third kappa shape index (κ3) is 4.38. The van der Waals surface area contributed by atoms with Gasteiger partial charge in [0, 0.05) is 41.1 Å². The maximum atomic E-state index is 14.1. The zero-order valence-corrected chi connectivity index (χ0v) is 15.9. The zero-order chi connectivity index (χ0) is 18.7. The van der Waals surface area contributed by atoms with E-state index in [-0.39, 0.29) is 12.4 Å². The standard InChI is InChI=1S/C20H19BrFNO3/c1-13-2-4-17-14(10-20(25)26-19(17)8-13)11-23(6-7-24)12-15-9-16(21)3-5-18(15)22/h2-5,8-10,24H,6-7,11-12H2,1H3. The highest BCUT2D eigenvalue weighted by molar-refractivity contribution is 9.10. The van der Waals surface area contributed by atoms with Gasteiger partial charge in [0.05, 0.1) is 6.61 Å². The van der Waals surface area contributed by atoms with E-state index in [0.29, 0.717) is 30.8 Å². The van der Waals surface area contributed by atoms with Crippen LogP contribution in [0.1, 0.15) is 16.7 Å². The second-order valence-electron chi connectivity index (χ2n) is 6.26. The Morgan fingerprint density at radius 1 is 1.12 bits per heavy atom. The summed E-state index contributed by atoms with van der Waals surface area (Å²) in [4.78, 5) is 13.8. The normalized spacial score (nSPS) is 11.4. The average molecular weight is 420 g/mol. The van der Waals surface area contributed by atoms with Crippen molar-refractivity contribution in [2.24, 2.45) is 0 Å². The lowest BCUT2D eigenvalue weighted by atomic mass is 10.1. The molecule has 0 aliphatic rings. The van der Waals surface area contributed by atoms with Crippen LogP contribution in [0.15, 0.2) is 56.1 Å². The zero-order valence-electron chi connectivity index (χ0n) is 14.3. The molecule has 3 aromatic rings. The van der Waals surface area contributed by atoms with Gasteiger partial charge in [-0.3, -0.25) is 4.90 Å². The van der Waals surface area contributed by atoms with Crippen molar-refractivity contribution in [2.45, 2.75) is 20.0 Å². The molecule has 6 heteroatoms. The van der Waals surface area contributed by atoms with Crippen molar-refractivity contribution < 1.29 is 13.9 Å². The molecule has 1 aromatic heterocycles. The van der Waals surface area contributed by atoms with Gasteiger partial charge in [0.2, 0.25) is 0 Å². The van der Waals surface area contributed by atoms with Crippen LogP contribution in [-0.4, -0.2) is 23.2 Å². The van der Waals surface area contributed by atoms with E-state index in [1.165, 1.54) is 12.1 Å². The van der Waals surface area contributed by atoms with E-state index in [4.69, 9.17) is 4.42 Å². The van der Waals surface area contributed by atoms with Gasteiger partial charge in [-0.05, 0) is 42.3 Å². The Morgan fingerprint density at radius 2 is 1.88 bits per heavy atom. The first kappa shape index (κ1) is 18.8. The first-order chi connectivity index (χ1) is 12.5. The van der Waals surface area contributed by atoms with Crippen LogP contribution in [0.5, 0.6) is 0 Å². The van der Waals surface area contributed by atoms with Crippen molar-refractivity contribution in [2.75, 3.05) is 13.2 Å². The van der Waals surface area contributed by atoms with Crippen molar-refractivity contribution in [3.8, 4) is 0 Å². The Morgan fingerprint density at radius 3 is 2.65 bits per heavy atom. The van der Waals surface area contributed by atoms with E-state index < -0.39 is 5.63 Å². The molecule has 136 valence electrons. The topological polar surface area (TPSA) is 53.7 Å². The molecule has 1 heterocycles. The highest BCUT2D eigenvalue weighted by atomic mass is 79.9. The SMILES string of the molecule is Cc1ccc2c(CN(CCO)Cc3cc(Br)ccc3F)cc(=O)oc2c1. The third-order valence-corrected chi connectivity index (χ3v) is 4.69. The van der Waals surface area contributed by atoms with E-state index >= 15 is 0 Å². The molecule has 0 fully saturated rings. The first-order valence-corrected chi connectivity index (χ1v) is 9.06. The number of aliphatic hydroxyl groups excluding tert-OH is 1. The lowest BCUT2D eigenvalue weighted by Gasteiger charge is -2.22. The highest BCUT2D eigenvalue weighted by Crippen LogP contribution is 2.22. The summed E-state index contributed by atoms with van der Waals surface area (Å²) in [6.45, 7) is 2.95. The summed E-state index contributed by atoms with van der Waals surface area (Å²) >= 11 is 3.35. The highest BCUT2D eigenvalue weighted by Gasteiger charge is 2.14. The number of rotatable bonds is 6. The second-order valence-corrected chi connectivity index (χ2v) is 7.18. The molecule has 26 heavy (non-hydrogen) atoms. The van der Waals surface area contributed by atoms with Crippen LogP contribution in [-0.2, 0) is 13.1 Å². The minimum atomic E-state index is -0.421. The van der Waals surface area contributed by atoms with Crippen molar-refractivity contribution in [3.63, 3.8) is 0 Å². The fraction of sp³-hybridized carbons (Fsp3) is 0.250. The molecule has 0 spiro atoms. The number of benzene rings is 2. The summed E-state index contributed by atoms with van der Waals surface area (Å²) in [7, 11) is 0. The molecule has 0 saturated heterocycles. The van der Waals surface area contributed by atoms with Gasteiger partial charge in [0.1, 0.15) is 11.4 Å². The molecule has 0 aliphatic heterocycles. The van der Waals surface area contributed by atoms with Crippen LogP contribution in [0.2, 0.25) is 0 Å². The Hall–Kier alpha value is -2.02. The molecule has 0 aliphatic carbocycles. The van der Waals surface area contributed by atoms with Gasteiger partial charge in [-0.15, -0.1) is 0 Å². The summed E-state index contributed by atoms with van der Waals surface area (Å²) in [5, 5.41) is 10.2. The number of hydrogen-bond donors (Lipinski definition) is 1. The molecule has 0 bridgehead atoms. The Labute approximate surface area is 159 Å². The molecule has 0 amide bonds. The predicted octanol–water partition coefficient (Wildman–Crippen LogP) is 4.00. The first-order valence-electron chi connectivity index (χ1n) is 8.27. The molecule has 2 aromatic carbocycles. The van der Waals surface area contributed by atoms with Gasteiger partial charge in [-0.1, -0.05) is 28.1 Å². The van der Waals surface area contributed by atoms with E-state index in [2.05, 4.69) is 15.9 Å².